The molecule has 0 bridgehead atoms. The molecular formula is C15H18BrNO2. The van der Waals surface area contributed by atoms with Crippen molar-refractivity contribution in [2.24, 2.45) is 0 Å². The highest BCUT2D eigenvalue weighted by Gasteiger charge is 2.10. The van der Waals surface area contributed by atoms with E-state index in [1.165, 1.54) is 0 Å². The summed E-state index contributed by atoms with van der Waals surface area (Å²) in [6.45, 7) is 4.79. The third kappa shape index (κ3) is 3.61. The third-order valence-corrected chi connectivity index (χ3v) is 3.81. The molecule has 1 heterocycles. The van der Waals surface area contributed by atoms with E-state index in [1.54, 1.807) is 7.11 Å². The maximum Gasteiger partial charge on any atom is 0.120 e. The van der Waals surface area contributed by atoms with Gasteiger partial charge in [0.05, 0.1) is 13.2 Å². The first-order valence-corrected chi connectivity index (χ1v) is 7.01. The minimum Gasteiger partial charge on any atom is -0.497 e. The highest BCUT2D eigenvalue weighted by atomic mass is 79.9. The molecule has 0 aliphatic rings. The summed E-state index contributed by atoms with van der Waals surface area (Å²) in [6, 6.07) is 10.1. The van der Waals surface area contributed by atoms with Crippen LogP contribution in [0.1, 0.15) is 30.0 Å². The summed E-state index contributed by atoms with van der Waals surface area (Å²) in [5.41, 5.74) is 1.16. The second kappa shape index (κ2) is 6.26. The number of rotatable bonds is 5. The lowest BCUT2D eigenvalue weighted by Gasteiger charge is -2.13. The van der Waals surface area contributed by atoms with Crippen LogP contribution in [0.5, 0.6) is 5.75 Å². The molecule has 0 saturated heterocycles. The number of hydrogen-bond donors (Lipinski definition) is 1. The van der Waals surface area contributed by atoms with Crippen molar-refractivity contribution in [2.75, 3.05) is 7.11 Å². The van der Waals surface area contributed by atoms with Gasteiger partial charge >= 0.3 is 0 Å². The Kier molecular flexibility index (Phi) is 4.66. The lowest BCUT2D eigenvalue weighted by atomic mass is 10.2. The molecule has 2 rings (SSSR count). The molecule has 1 aromatic carbocycles. The molecule has 0 aliphatic carbocycles. The first-order chi connectivity index (χ1) is 9.10. The largest absolute Gasteiger partial charge is 0.497 e. The molecule has 102 valence electrons. The maximum absolute atomic E-state index is 5.61. The standard InChI is InChI=1S/C15H18BrNO2/c1-10-4-7-15(19-10)11(2)17-9-12-8-13(18-3)5-6-14(12)16/h4-8,11,17H,9H2,1-3H3. The number of nitrogens with one attached hydrogen (secondary N) is 1. The molecule has 1 unspecified atom stereocenters. The Morgan fingerprint density at radius 3 is 2.74 bits per heavy atom. The maximum atomic E-state index is 5.61. The average Bonchev–Trinajstić information content (AvgIpc) is 2.84. The molecule has 0 radical (unpaired) electrons. The Labute approximate surface area is 122 Å². The second-order valence-corrected chi connectivity index (χ2v) is 5.36. The fourth-order valence-corrected chi connectivity index (χ4v) is 2.25. The summed E-state index contributed by atoms with van der Waals surface area (Å²) in [7, 11) is 1.68. The summed E-state index contributed by atoms with van der Waals surface area (Å²) in [4.78, 5) is 0. The van der Waals surface area contributed by atoms with Crippen molar-refractivity contribution in [2.45, 2.75) is 26.4 Å². The number of hydrogen-bond acceptors (Lipinski definition) is 3. The SMILES string of the molecule is COc1ccc(Br)c(CNC(C)c2ccc(C)o2)c1. The van der Waals surface area contributed by atoms with Crippen molar-refractivity contribution in [1.29, 1.82) is 0 Å². The zero-order valence-electron chi connectivity index (χ0n) is 11.4. The molecule has 1 atom stereocenters. The number of halogens is 1. The predicted molar refractivity (Wildman–Crippen MR) is 79.4 cm³/mol. The Morgan fingerprint density at radius 2 is 2.11 bits per heavy atom. The molecule has 3 nitrogen and oxygen atoms in total. The van der Waals surface area contributed by atoms with Crippen molar-refractivity contribution in [3.63, 3.8) is 0 Å². The van der Waals surface area contributed by atoms with Crippen LogP contribution in [0, 0.1) is 6.92 Å². The van der Waals surface area contributed by atoms with Gasteiger partial charge in [-0.05, 0) is 49.7 Å². The lowest BCUT2D eigenvalue weighted by Crippen LogP contribution is -2.17. The van der Waals surface area contributed by atoms with Crippen LogP contribution in [-0.2, 0) is 6.54 Å². The lowest BCUT2D eigenvalue weighted by molar-refractivity contribution is 0.409. The van der Waals surface area contributed by atoms with Crippen molar-refractivity contribution < 1.29 is 9.15 Å². The van der Waals surface area contributed by atoms with Crippen LogP contribution in [0.15, 0.2) is 39.2 Å². The third-order valence-electron chi connectivity index (χ3n) is 3.04. The Hall–Kier alpha value is -1.26. The van der Waals surface area contributed by atoms with E-state index in [9.17, 15) is 0 Å². The van der Waals surface area contributed by atoms with Gasteiger partial charge in [-0.15, -0.1) is 0 Å². The smallest absolute Gasteiger partial charge is 0.120 e. The minimum absolute atomic E-state index is 0.173. The van der Waals surface area contributed by atoms with Crippen molar-refractivity contribution in [1.82, 2.24) is 5.32 Å². The normalized spacial score (nSPS) is 12.4. The van der Waals surface area contributed by atoms with E-state index < -0.39 is 0 Å². The van der Waals surface area contributed by atoms with E-state index in [0.29, 0.717) is 0 Å². The fourth-order valence-electron chi connectivity index (χ4n) is 1.86. The Bertz CT molecular complexity index is 551. The first kappa shape index (κ1) is 14.2. The van der Waals surface area contributed by atoms with E-state index in [4.69, 9.17) is 9.15 Å². The molecule has 19 heavy (non-hydrogen) atoms. The van der Waals surface area contributed by atoms with Gasteiger partial charge in [-0.2, -0.15) is 0 Å². The highest BCUT2D eigenvalue weighted by molar-refractivity contribution is 9.10. The molecule has 4 heteroatoms. The van der Waals surface area contributed by atoms with E-state index in [0.717, 1.165) is 33.9 Å². The van der Waals surface area contributed by atoms with Gasteiger partial charge in [-0.3, -0.25) is 0 Å². The molecular weight excluding hydrogens is 306 g/mol. The molecule has 1 N–H and O–H groups in total. The molecule has 1 aromatic heterocycles. The monoisotopic (exact) mass is 323 g/mol. The fraction of sp³-hybridized carbons (Fsp3) is 0.333. The summed E-state index contributed by atoms with van der Waals surface area (Å²) in [5, 5.41) is 3.44. The van der Waals surface area contributed by atoms with Crippen LogP contribution < -0.4 is 10.1 Å². The van der Waals surface area contributed by atoms with Crippen LogP contribution in [0.4, 0.5) is 0 Å². The van der Waals surface area contributed by atoms with Gasteiger partial charge in [0.2, 0.25) is 0 Å². The van der Waals surface area contributed by atoms with E-state index in [-0.39, 0.29) is 6.04 Å². The zero-order valence-corrected chi connectivity index (χ0v) is 13.0. The van der Waals surface area contributed by atoms with E-state index >= 15 is 0 Å². The van der Waals surface area contributed by atoms with Gasteiger partial charge < -0.3 is 14.5 Å². The topological polar surface area (TPSA) is 34.4 Å². The van der Waals surface area contributed by atoms with Gasteiger partial charge in [0.1, 0.15) is 17.3 Å². The van der Waals surface area contributed by atoms with E-state index in [1.807, 2.05) is 37.3 Å². The van der Waals surface area contributed by atoms with E-state index in [2.05, 4.69) is 28.2 Å². The van der Waals surface area contributed by atoms with Crippen LogP contribution in [-0.4, -0.2) is 7.11 Å². The van der Waals surface area contributed by atoms with Gasteiger partial charge in [-0.25, -0.2) is 0 Å². The highest BCUT2D eigenvalue weighted by Crippen LogP contribution is 2.23. The first-order valence-electron chi connectivity index (χ1n) is 6.22. The zero-order chi connectivity index (χ0) is 13.8. The quantitative estimate of drug-likeness (QED) is 0.895. The molecule has 2 aromatic rings. The van der Waals surface area contributed by atoms with Crippen LogP contribution >= 0.6 is 15.9 Å². The van der Waals surface area contributed by atoms with Gasteiger partial charge in [0.25, 0.3) is 0 Å². The Balaban J connectivity index is 2.02. The van der Waals surface area contributed by atoms with Crippen molar-refractivity contribution >= 4 is 15.9 Å². The molecule has 0 saturated carbocycles. The molecule has 0 amide bonds. The predicted octanol–water partition coefficient (Wildman–Crippen LogP) is 4.21. The number of aryl methyl sites for hydroxylation is 1. The van der Waals surface area contributed by atoms with Crippen LogP contribution in [0.25, 0.3) is 0 Å². The van der Waals surface area contributed by atoms with Crippen molar-refractivity contribution in [3.8, 4) is 5.75 Å². The van der Waals surface area contributed by atoms with Gasteiger partial charge in [0.15, 0.2) is 0 Å². The summed E-state index contributed by atoms with van der Waals surface area (Å²) in [6.07, 6.45) is 0. The Morgan fingerprint density at radius 1 is 1.32 bits per heavy atom. The van der Waals surface area contributed by atoms with Crippen LogP contribution in [0.3, 0.4) is 0 Å². The van der Waals surface area contributed by atoms with Crippen molar-refractivity contribution in [3.05, 3.63) is 51.9 Å². The second-order valence-electron chi connectivity index (χ2n) is 4.51. The molecule has 0 fully saturated rings. The number of methoxy groups -OCH3 is 1. The summed E-state index contributed by atoms with van der Waals surface area (Å²) in [5.74, 6) is 2.75. The number of furan rings is 1. The summed E-state index contributed by atoms with van der Waals surface area (Å²) < 4.78 is 11.9. The number of ether oxygens (including phenoxy) is 1. The number of benzene rings is 1. The molecule has 0 spiro atoms. The average molecular weight is 324 g/mol. The molecule has 0 aliphatic heterocycles. The summed E-state index contributed by atoms with van der Waals surface area (Å²) >= 11 is 3.55. The minimum atomic E-state index is 0.173. The van der Waals surface area contributed by atoms with Gasteiger partial charge in [-0.1, -0.05) is 15.9 Å². The van der Waals surface area contributed by atoms with Gasteiger partial charge in [0, 0.05) is 11.0 Å². The van der Waals surface area contributed by atoms with Crippen LogP contribution in [0.2, 0.25) is 0 Å².